The van der Waals surface area contributed by atoms with E-state index >= 15 is 0 Å². The van der Waals surface area contributed by atoms with Gasteiger partial charge in [-0.15, -0.1) is 0 Å². The predicted molar refractivity (Wildman–Crippen MR) is 68.5 cm³/mol. The normalized spacial score (nSPS) is 9.80. The van der Waals surface area contributed by atoms with Crippen LogP contribution in [0.25, 0.3) is 0 Å². The molecule has 0 aromatic heterocycles. The first-order chi connectivity index (χ1) is 9.61. The number of para-hydroxylation sites is 2. The zero-order chi connectivity index (χ0) is 14.5. The fourth-order valence-corrected chi connectivity index (χ4v) is 1.64. The van der Waals surface area contributed by atoms with Gasteiger partial charge in [-0.25, -0.2) is 4.39 Å². The highest BCUT2D eigenvalue weighted by molar-refractivity contribution is 5.45. The first-order valence-electron chi connectivity index (χ1n) is 5.66. The Labute approximate surface area is 114 Å². The van der Waals surface area contributed by atoms with Gasteiger partial charge < -0.3 is 4.74 Å². The van der Waals surface area contributed by atoms with Gasteiger partial charge in [0.05, 0.1) is 10.5 Å². The number of benzene rings is 2. The van der Waals surface area contributed by atoms with Crippen LogP contribution in [0.4, 0.5) is 10.1 Å². The van der Waals surface area contributed by atoms with Crippen LogP contribution in [0.5, 0.6) is 5.75 Å². The highest BCUT2D eigenvalue weighted by Gasteiger charge is 2.13. The summed E-state index contributed by atoms with van der Waals surface area (Å²) in [6, 6.07) is 11.7. The Hall–Kier alpha value is -2.94. The predicted octanol–water partition coefficient (Wildman–Crippen LogP) is 3.18. The van der Waals surface area contributed by atoms with E-state index in [1.165, 1.54) is 30.3 Å². The number of nitro groups is 1. The summed E-state index contributed by atoms with van der Waals surface area (Å²) in [6.07, 6.45) is 0. The second-order valence-corrected chi connectivity index (χ2v) is 3.94. The van der Waals surface area contributed by atoms with E-state index in [0.29, 0.717) is 5.56 Å². The molecule has 2 aromatic rings. The summed E-state index contributed by atoms with van der Waals surface area (Å²) in [7, 11) is 0. The third kappa shape index (κ3) is 2.90. The lowest BCUT2D eigenvalue weighted by Crippen LogP contribution is -1.99. The first-order valence-corrected chi connectivity index (χ1v) is 5.66. The molecule has 0 amide bonds. The van der Waals surface area contributed by atoms with Crippen molar-refractivity contribution in [3.8, 4) is 11.8 Å². The molecule has 20 heavy (non-hydrogen) atoms. The maximum Gasteiger partial charge on any atom is 0.310 e. The zero-order valence-corrected chi connectivity index (χ0v) is 10.2. The number of nitriles is 1. The van der Waals surface area contributed by atoms with E-state index in [0.717, 1.165) is 6.07 Å². The lowest BCUT2D eigenvalue weighted by Gasteiger charge is -2.07. The largest absolute Gasteiger partial charge is 0.482 e. The van der Waals surface area contributed by atoms with Crippen LogP contribution in [0.2, 0.25) is 0 Å². The minimum Gasteiger partial charge on any atom is -0.482 e. The van der Waals surface area contributed by atoms with Crippen molar-refractivity contribution in [2.75, 3.05) is 0 Å². The average molecular weight is 272 g/mol. The van der Waals surface area contributed by atoms with Crippen molar-refractivity contribution in [1.82, 2.24) is 0 Å². The number of nitro benzene ring substituents is 1. The van der Waals surface area contributed by atoms with Gasteiger partial charge in [0.1, 0.15) is 18.5 Å². The Balaban J connectivity index is 2.17. The number of nitrogens with zero attached hydrogens (tertiary/aromatic N) is 2. The molecule has 0 aliphatic heterocycles. The van der Waals surface area contributed by atoms with Crippen LogP contribution in [-0.4, -0.2) is 4.92 Å². The summed E-state index contributed by atoms with van der Waals surface area (Å²) < 4.78 is 18.5. The van der Waals surface area contributed by atoms with Gasteiger partial charge in [-0.3, -0.25) is 10.1 Å². The molecular weight excluding hydrogens is 263 g/mol. The zero-order valence-electron chi connectivity index (χ0n) is 10.2. The Morgan fingerprint density at radius 3 is 2.75 bits per heavy atom. The molecule has 0 fully saturated rings. The minimum atomic E-state index is -0.609. The molecule has 0 N–H and O–H groups in total. The lowest BCUT2D eigenvalue weighted by molar-refractivity contribution is -0.385. The van der Waals surface area contributed by atoms with E-state index in [1.54, 1.807) is 12.1 Å². The van der Waals surface area contributed by atoms with Crippen LogP contribution in [0, 0.1) is 27.3 Å². The first kappa shape index (κ1) is 13.5. The van der Waals surface area contributed by atoms with Crippen molar-refractivity contribution < 1.29 is 14.1 Å². The maximum absolute atomic E-state index is 13.2. The van der Waals surface area contributed by atoms with Gasteiger partial charge in [-0.05, 0) is 23.8 Å². The second kappa shape index (κ2) is 5.80. The summed E-state index contributed by atoms with van der Waals surface area (Å²) in [4.78, 5) is 10.3. The summed E-state index contributed by atoms with van der Waals surface area (Å²) in [5.74, 6) is -0.484. The number of hydrogen-bond donors (Lipinski definition) is 0. The molecule has 0 bridgehead atoms. The fourth-order valence-electron chi connectivity index (χ4n) is 1.64. The Morgan fingerprint density at radius 1 is 1.30 bits per heavy atom. The van der Waals surface area contributed by atoms with Gasteiger partial charge in [0, 0.05) is 6.07 Å². The molecule has 2 aromatic carbocycles. The van der Waals surface area contributed by atoms with E-state index in [4.69, 9.17) is 10.00 Å². The van der Waals surface area contributed by atoms with E-state index in [-0.39, 0.29) is 23.6 Å². The quantitative estimate of drug-likeness (QED) is 0.632. The van der Waals surface area contributed by atoms with Crippen molar-refractivity contribution in [1.29, 1.82) is 5.26 Å². The highest BCUT2D eigenvalue weighted by atomic mass is 19.1. The highest BCUT2D eigenvalue weighted by Crippen LogP contribution is 2.26. The Bertz CT molecular complexity index is 695. The third-order valence-corrected chi connectivity index (χ3v) is 2.61. The molecule has 5 nitrogen and oxygen atoms in total. The molecule has 0 saturated carbocycles. The average Bonchev–Trinajstić information content (AvgIpc) is 2.46. The molecule has 0 heterocycles. The molecular formula is C14H9FN2O3. The van der Waals surface area contributed by atoms with Gasteiger partial charge in [0.15, 0.2) is 5.75 Å². The van der Waals surface area contributed by atoms with Crippen LogP contribution < -0.4 is 4.74 Å². The van der Waals surface area contributed by atoms with Gasteiger partial charge in [-0.1, -0.05) is 18.2 Å². The molecule has 0 unspecified atom stereocenters. The molecule has 0 aliphatic rings. The third-order valence-electron chi connectivity index (χ3n) is 2.61. The van der Waals surface area contributed by atoms with Gasteiger partial charge in [-0.2, -0.15) is 5.26 Å². The molecule has 0 saturated heterocycles. The van der Waals surface area contributed by atoms with Crippen molar-refractivity contribution >= 4 is 5.69 Å². The molecule has 2 rings (SSSR count). The van der Waals surface area contributed by atoms with Crippen molar-refractivity contribution in [3.05, 3.63) is 69.5 Å². The van der Waals surface area contributed by atoms with Gasteiger partial charge >= 0.3 is 5.69 Å². The van der Waals surface area contributed by atoms with Crippen LogP contribution in [0.3, 0.4) is 0 Å². The van der Waals surface area contributed by atoms with Gasteiger partial charge in [0.25, 0.3) is 0 Å². The van der Waals surface area contributed by atoms with Crippen LogP contribution in [0.15, 0.2) is 42.5 Å². The summed E-state index contributed by atoms with van der Waals surface area (Å²) in [6.45, 7) is 0.0137. The number of hydrogen-bond acceptors (Lipinski definition) is 4. The van der Waals surface area contributed by atoms with Crippen LogP contribution in [0.1, 0.15) is 11.1 Å². The monoisotopic (exact) mass is 272 g/mol. The number of halogens is 1. The second-order valence-electron chi connectivity index (χ2n) is 3.94. The number of rotatable bonds is 4. The van der Waals surface area contributed by atoms with Crippen molar-refractivity contribution in [2.45, 2.75) is 6.61 Å². The molecule has 0 atom stereocenters. The molecule has 100 valence electrons. The fraction of sp³-hybridized carbons (Fsp3) is 0.0714. The SMILES string of the molecule is N#Cc1cc(COc2ccccc2[N+](=O)[O-])ccc1F. The summed E-state index contributed by atoms with van der Waals surface area (Å²) in [5.41, 5.74) is 0.324. The van der Waals surface area contributed by atoms with E-state index in [9.17, 15) is 14.5 Å². The number of ether oxygens (including phenoxy) is 1. The molecule has 6 heteroatoms. The van der Waals surface area contributed by atoms with Crippen LogP contribution >= 0.6 is 0 Å². The minimum absolute atomic E-state index is 0.0137. The lowest BCUT2D eigenvalue weighted by atomic mass is 10.1. The Kier molecular flexibility index (Phi) is 3.91. The molecule has 0 radical (unpaired) electrons. The van der Waals surface area contributed by atoms with E-state index in [1.807, 2.05) is 0 Å². The standard InChI is InChI=1S/C14H9FN2O3/c15-12-6-5-10(7-11(12)8-16)9-20-14-4-2-1-3-13(14)17(18)19/h1-7H,9H2. The smallest absolute Gasteiger partial charge is 0.310 e. The topological polar surface area (TPSA) is 76.2 Å². The summed E-state index contributed by atoms with van der Waals surface area (Å²) >= 11 is 0. The van der Waals surface area contributed by atoms with Crippen molar-refractivity contribution in [3.63, 3.8) is 0 Å². The van der Waals surface area contributed by atoms with Crippen molar-refractivity contribution in [2.24, 2.45) is 0 Å². The maximum atomic E-state index is 13.2. The summed E-state index contributed by atoms with van der Waals surface area (Å²) in [5, 5.41) is 19.5. The molecule has 0 spiro atoms. The van der Waals surface area contributed by atoms with Gasteiger partial charge in [0.2, 0.25) is 0 Å². The molecule has 0 aliphatic carbocycles. The van der Waals surface area contributed by atoms with Crippen LogP contribution in [-0.2, 0) is 6.61 Å². The van der Waals surface area contributed by atoms with E-state index in [2.05, 4.69) is 0 Å². The van der Waals surface area contributed by atoms with E-state index < -0.39 is 10.7 Å². The Morgan fingerprint density at radius 2 is 2.05 bits per heavy atom.